The summed E-state index contributed by atoms with van der Waals surface area (Å²) in [7, 11) is -4.40. The number of nitrogens with zero attached hydrogens (tertiary/aromatic N) is 1. The van der Waals surface area contributed by atoms with Crippen LogP contribution < -0.4 is 10.2 Å². The third-order valence-electron chi connectivity index (χ3n) is 5.41. The van der Waals surface area contributed by atoms with Crippen molar-refractivity contribution in [3.05, 3.63) is 118 Å². The van der Waals surface area contributed by atoms with Crippen LogP contribution in [0.25, 0.3) is 11.1 Å². The van der Waals surface area contributed by atoms with Crippen LogP contribution in [0.1, 0.15) is 21.5 Å². The van der Waals surface area contributed by atoms with Gasteiger partial charge in [0, 0.05) is 12.7 Å². The van der Waals surface area contributed by atoms with Gasteiger partial charge in [0.25, 0.3) is 15.9 Å². The summed E-state index contributed by atoms with van der Waals surface area (Å²) in [6.07, 6.45) is 2.37. The minimum atomic E-state index is -4.40. The van der Waals surface area contributed by atoms with Crippen molar-refractivity contribution in [1.82, 2.24) is 9.29 Å². The van der Waals surface area contributed by atoms with Gasteiger partial charge in [-0.05, 0) is 47.4 Å². The van der Waals surface area contributed by atoms with Crippen molar-refractivity contribution in [3.63, 3.8) is 0 Å². The standard InChI is InChI=1S/C26H21FN2O5S/c1-17-13-20(27)11-12-24(17)35(33,34)28-26(32)22-15-29(16-23(30)25(22)31)14-19-9-5-6-10-21(19)18-7-3-2-4-8-18/h2-13,15-16,30H,14H2,1H3,(H,28,32). The minimum absolute atomic E-state index is 0.0936. The number of hydrogen-bond acceptors (Lipinski definition) is 5. The highest BCUT2D eigenvalue weighted by atomic mass is 32.2. The Morgan fingerprint density at radius 2 is 1.69 bits per heavy atom. The fourth-order valence-corrected chi connectivity index (χ4v) is 4.96. The van der Waals surface area contributed by atoms with Gasteiger partial charge in [-0.3, -0.25) is 9.59 Å². The quantitative estimate of drug-likeness (QED) is 0.426. The van der Waals surface area contributed by atoms with E-state index < -0.39 is 38.5 Å². The number of amides is 1. The second-order valence-electron chi connectivity index (χ2n) is 7.93. The van der Waals surface area contributed by atoms with Crippen LogP contribution in [-0.4, -0.2) is 24.0 Å². The Morgan fingerprint density at radius 3 is 2.40 bits per heavy atom. The fourth-order valence-electron chi connectivity index (χ4n) is 3.77. The molecule has 0 aliphatic carbocycles. The summed E-state index contributed by atoms with van der Waals surface area (Å²) < 4.78 is 42.0. The third kappa shape index (κ3) is 5.15. The Kier molecular flexibility index (Phi) is 6.52. The van der Waals surface area contributed by atoms with Gasteiger partial charge in [-0.15, -0.1) is 0 Å². The summed E-state index contributed by atoms with van der Waals surface area (Å²) in [6.45, 7) is 1.58. The molecule has 9 heteroatoms. The Labute approximate surface area is 201 Å². The van der Waals surface area contributed by atoms with Crippen molar-refractivity contribution in [2.75, 3.05) is 0 Å². The monoisotopic (exact) mass is 492 g/mol. The summed E-state index contributed by atoms with van der Waals surface area (Å²) in [5.74, 6) is -2.54. The number of aryl methyl sites for hydroxylation is 1. The van der Waals surface area contributed by atoms with Crippen LogP contribution in [0.2, 0.25) is 0 Å². The maximum atomic E-state index is 13.4. The van der Waals surface area contributed by atoms with Gasteiger partial charge in [0.05, 0.1) is 11.1 Å². The molecule has 3 aromatic carbocycles. The zero-order valence-corrected chi connectivity index (χ0v) is 19.4. The zero-order valence-electron chi connectivity index (χ0n) is 18.6. The largest absolute Gasteiger partial charge is 0.503 e. The molecular weight excluding hydrogens is 471 g/mol. The molecule has 2 N–H and O–H groups in total. The van der Waals surface area contributed by atoms with E-state index in [1.54, 1.807) is 0 Å². The van der Waals surface area contributed by atoms with Gasteiger partial charge in [0.15, 0.2) is 5.75 Å². The fraction of sp³-hybridized carbons (Fsp3) is 0.0769. The van der Waals surface area contributed by atoms with E-state index in [9.17, 15) is 27.5 Å². The van der Waals surface area contributed by atoms with E-state index in [-0.39, 0.29) is 17.0 Å². The number of benzene rings is 3. The number of sulfonamides is 1. The first-order valence-corrected chi connectivity index (χ1v) is 12.0. The highest BCUT2D eigenvalue weighted by Gasteiger charge is 2.24. The molecule has 0 radical (unpaired) electrons. The van der Waals surface area contributed by atoms with Crippen molar-refractivity contribution in [2.45, 2.75) is 18.4 Å². The maximum absolute atomic E-state index is 13.4. The number of pyridine rings is 1. The van der Waals surface area contributed by atoms with Gasteiger partial charge in [0.1, 0.15) is 11.4 Å². The number of carbonyl (C=O) groups excluding carboxylic acids is 1. The molecule has 4 aromatic rings. The van der Waals surface area contributed by atoms with Crippen molar-refractivity contribution in [2.24, 2.45) is 0 Å². The van der Waals surface area contributed by atoms with Gasteiger partial charge >= 0.3 is 0 Å². The number of aromatic nitrogens is 1. The lowest BCUT2D eigenvalue weighted by Gasteiger charge is -2.14. The average Bonchev–Trinajstić information content (AvgIpc) is 2.81. The topological polar surface area (TPSA) is 105 Å². The zero-order chi connectivity index (χ0) is 25.2. The van der Waals surface area contributed by atoms with Crippen LogP contribution in [0, 0.1) is 12.7 Å². The highest BCUT2D eigenvalue weighted by molar-refractivity contribution is 7.90. The highest BCUT2D eigenvalue weighted by Crippen LogP contribution is 2.24. The summed E-state index contributed by atoms with van der Waals surface area (Å²) in [6, 6.07) is 20.1. The van der Waals surface area contributed by atoms with E-state index in [1.165, 1.54) is 23.9 Å². The second-order valence-corrected chi connectivity index (χ2v) is 9.58. The summed E-state index contributed by atoms with van der Waals surface area (Å²) in [5, 5.41) is 10.2. The van der Waals surface area contributed by atoms with E-state index in [4.69, 9.17) is 0 Å². The van der Waals surface area contributed by atoms with E-state index in [1.807, 2.05) is 59.3 Å². The lowest BCUT2D eigenvalue weighted by Crippen LogP contribution is -2.34. The summed E-state index contributed by atoms with van der Waals surface area (Å²) >= 11 is 0. The molecule has 0 aliphatic heterocycles. The van der Waals surface area contributed by atoms with Crippen LogP contribution in [0.5, 0.6) is 5.75 Å². The van der Waals surface area contributed by atoms with Gasteiger partial charge in [-0.25, -0.2) is 17.5 Å². The van der Waals surface area contributed by atoms with Gasteiger partial charge in [-0.2, -0.15) is 0 Å². The van der Waals surface area contributed by atoms with Crippen molar-refractivity contribution < 1.29 is 22.7 Å². The molecule has 0 saturated heterocycles. The van der Waals surface area contributed by atoms with Gasteiger partial charge in [0.2, 0.25) is 5.43 Å². The Morgan fingerprint density at radius 1 is 1.00 bits per heavy atom. The first-order chi connectivity index (χ1) is 16.7. The lowest BCUT2D eigenvalue weighted by atomic mass is 9.99. The smallest absolute Gasteiger partial charge is 0.270 e. The number of hydrogen-bond donors (Lipinski definition) is 2. The normalized spacial score (nSPS) is 11.3. The van der Waals surface area contributed by atoms with E-state index in [2.05, 4.69) is 0 Å². The van der Waals surface area contributed by atoms with E-state index >= 15 is 0 Å². The Hall–Kier alpha value is -4.24. The average molecular weight is 493 g/mol. The SMILES string of the molecule is Cc1cc(F)ccc1S(=O)(=O)NC(=O)c1cn(Cc2ccccc2-c2ccccc2)cc(O)c1=O. The Bertz CT molecular complexity index is 1580. The molecule has 1 aromatic heterocycles. The number of aromatic hydroxyl groups is 1. The van der Waals surface area contributed by atoms with Crippen molar-refractivity contribution >= 4 is 15.9 Å². The van der Waals surface area contributed by atoms with Gasteiger partial charge in [-0.1, -0.05) is 54.6 Å². The summed E-state index contributed by atoms with van der Waals surface area (Å²) in [4.78, 5) is 25.0. The van der Waals surface area contributed by atoms with Crippen LogP contribution >= 0.6 is 0 Å². The molecule has 178 valence electrons. The first-order valence-electron chi connectivity index (χ1n) is 10.6. The maximum Gasteiger partial charge on any atom is 0.270 e. The van der Waals surface area contributed by atoms with Crippen LogP contribution in [0.4, 0.5) is 4.39 Å². The van der Waals surface area contributed by atoms with Crippen LogP contribution in [0.15, 0.2) is 94.9 Å². The molecule has 0 aliphatic rings. The number of halogens is 1. The molecule has 0 bridgehead atoms. The van der Waals surface area contributed by atoms with Crippen LogP contribution in [-0.2, 0) is 16.6 Å². The third-order valence-corrected chi connectivity index (χ3v) is 6.90. The molecule has 0 saturated carbocycles. The minimum Gasteiger partial charge on any atom is -0.503 e. The van der Waals surface area contributed by atoms with Crippen molar-refractivity contribution in [1.29, 1.82) is 0 Å². The second kappa shape index (κ2) is 9.55. The summed E-state index contributed by atoms with van der Waals surface area (Å²) in [5.41, 5.74) is 1.27. The molecular formula is C26H21FN2O5S. The predicted molar refractivity (Wildman–Crippen MR) is 129 cm³/mol. The Balaban J connectivity index is 1.67. The van der Waals surface area contributed by atoms with Crippen LogP contribution in [0.3, 0.4) is 0 Å². The molecule has 0 unspecified atom stereocenters. The lowest BCUT2D eigenvalue weighted by molar-refractivity contribution is 0.0979. The molecule has 35 heavy (non-hydrogen) atoms. The molecule has 1 heterocycles. The van der Waals surface area contributed by atoms with E-state index in [0.717, 1.165) is 34.9 Å². The molecule has 4 rings (SSSR count). The predicted octanol–water partition coefficient (Wildman–Crippen LogP) is 3.84. The molecule has 1 amide bonds. The van der Waals surface area contributed by atoms with Crippen molar-refractivity contribution in [3.8, 4) is 16.9 Å². The number of rotatable bonds is 6. The first kappa shape index (κ1) is 23.9. The molecule has 0 atom stereocenters. The molecule has 0 spiro atoms. The van der Waals surface area contributed by atoms with Gasteiger partial charge < -0.3 is 9.67 Å². The number of carbonyl (C=O) groups is 1. The number of nitrogens with one attached hydrogen (secondary N) is 1. The molecule has 7 nitrogen and oxygen atoms in total. The molecule has 0 fully saturated rings. The van der Waals surface area contributed by atoms with E-state index in [0.29, 0.717) is 0 Å².